The van der Waals surface area contributed by atoms with Gasteiger partial charge >= 0.3 is 0 Å². The van der Waals surface area contributed by atoms with E-state index in [-0.39, 0.29) is 24.5 Å². The smallest absolute Gasteiger partial charge is 0.225 e. The van der Waals surface area contributed by atoms with Gasteiger partial charge in [-0.15, -0.1) is 6.58 Å². The van der Waals surface area contributed by atoms with Gasteiger partial charge in [0.2, 0.25) is 5.91 Å². The normalized spacial score (nSPS) is 14.2. The van der Waals surface area contributed by atoms with Crippen LogP contribution < -0.4 is 5.32 Å². The molecule has 1 amide bonds. The van der Waals surface area contributed by atoms with Crippen molar-refractivity contribution >= 4 is 5.91 Å². The van der Waals surface area contributed by atoms with E-state index in [1.54, 1.807) is 0 Å². The van der Waals surface area contributed by atoms with Crippen molar-refractivity contribution in [2.75, 3.05) is 13.2 Å². The van der Waals surface area contributed by atoms with E-state index in [9.17, 15) is 9.90 Å². The van der Waals surface area contributed by atoms with Gasteiger partial charge < -0.3 is 15.5 Å². The number of allylic oxidation sites excluding steroid dienone is 1. The van der Waals surface area contributed by atoms with Gasteiger partial charge in [0.05, 0.1) is 12.7 Å². The quantitative estimate of drug-likeness (QED) is 0.586. The molecule has 0 aliphatic rings. The Hall–Kier alpha value is -0.870. The fourth-order valence-corrected chi connectivity index (χ4v) is 1.81. The van der Waals surface area contributed by atoms with E-state index in [1.807, 2.05) is 33.8 Å². The van der Waals surface area contributed by atoms with Crippen molar-refractivity contribution in [3.05, 3.63) is 12.7 Å². The Kier molecular flexibility index (Phi) is 5.85. The Morgan fingerprint density at radius 3 is 2.35 bits per heavy atom. The van der Waals surface area contributed by atoms with E-state index in [2.05, 4.69) is 11.9 Å². The van der Waals surface area contributed by atoms with Crippen molar-refractivity contribution in [1.29, 1.82) is 0 Å². The fraction of sp³-hybridized carbons (Fsp3) is 0.769. The van der Waals surface area contributed by atoms with Crippen LogP contribution in [-0.4, -0.2) is 35.4 Å². The van der Waals surface area contributed by atoms with E-state index in [0.29, 0.717) is 6.42 Å². The van der Waals surface area contributed by atoms with Gasteiger partial charge in [-0.05, 0) is 11.8 Å². The largest absolute Gasteiger partial charge is 0.394 e. The third kappa shape index (κ3) is 5.84. The molecular formula is C13H25NO3. The number of hydrogen-bond donors (Lipinski definition) is 3. The van der Waals surface area contributed by atoms with Crippen molar-refractivity contribution in [2.24, 2.45) is 10.8 Å². The first kappa shape index (κ1) is 16.1. The molecule has 0 saturated carbocycles. The van der Waals surface area contributed by atoms with Crippen LogP contribution in [0.15, 0.2) is 12.7 Å². The zero-order valence-corrected chi connectivity index (χ0v) is 11.3. The minimum Gasteiger partial charge on any atom is -0.394 e. The molecular weight excluding hydrogens is 218 g/mol. The lowest BCUT2D eigenvalue weighted by atomic mass is 9.74. The summed E-state index contributed by atoms with van der Waals surface area (Å²) < 4.78 is 0. The van der Waals surface area contributed by atoms with Crippen LogP contribution in [0.5, 0.6) is 0 Å². The lowest BCUT2D eigenvalue weighted by Crippen LogP contribution is -2.43. The van der Waals surface area contributed by atoms with Gasteiger partial charge in [0.25, 0.3) is 0 Å². The van der Waals surface area contributed by atoms with E-state index >= 15 is 0 Å². The average molecular weight is 243 g/mol. The number of rotatable bonds is 7. The summed E-state index contributed by atoms with van der Waals surface area (Å²) in [5.74, 6) is -0.125. The fourth-order valence-electron chi connectivity index (χ4n) is 1.81. The van der Waals surface area contributed by atoms with Crippen LogP contribution in [0.1, 0.15) is 34.1 Å². The van der Waals surface area contributed by atoms with Crippen LogP contribution in [0, 0.1) is 10.8 Å². The minimum absolute atomic E-state index is 0.0767. The summed E-state index contributed by atoms with van der Waals surface area (Å²) in [6.45, 7) is 11.3. The summed E-state index contributed by atoms with van der Waals surface area (Å²) >= 11 is 0. The first-order valence-corrected chi connectivity index (χ1v) is 5.85. The number of aliphatic hydroxyl groups is 2. The molecule has 3 N–H and O–H groups in total. The Labute approximate surface area is 104 Å². The number of carbonyl (C=O) groups is 1. The molecule has 4 heteroatoms. The van der Waals surface area contributed by atoms with Crippen LogP contribution in [-0.2, 0) is 4.79 Å². The Morgan fingerprint density at radius 2 is 1.94 bits per heavy atom. The van der Waals surface area contributed by atoms with E-state index in [0.717, 1.165) is 0 Å². The van der Waals surface area contributed by atoms with Crippen molar-refractivity contribution in [2.45, 2.75) is 40.2 Å². The Balaban J connectivity index is 4.40. The van der Waals surface area contributed by atoms with Crippen molar-refractivity contribution < 1.29 is 15.0 Å². The molecule has 0 rings (SSSR count). The van der Waals surface area contributed by atoms with Gasteiger partial charge in [-0.1, -0.05) is 33.8 Å². The van der Waals surface area contributed by atoms with Gasteiger partial charge in [-0.2, -0.15) is 0 Å². The highest BCUT2D eigenvalue weighted by Gasteiger charge is 2.33. The summed E-state index contributed by atoms with van der Waals surface area (Å²) in [4.78, 5) is 11.9. The zero-order chi connectivity index (χ0) is 13.7. The van der Waals surface area contributed by atoms with Crippen LogP contribution in [0.3, 0.4) is 0 Å². The molecule has 100 valence electrons. The van der Waals surface area contributed by atoms with Gasteiger partial charge in [-0.25, -0.2) is 0 Å². The molecule has 17 heavy (non-hydrogen) atoms. The molecule has 0 aromatic heterocycles. The maximum absolute atomic E-state index is 11.9. The lowest BCUT2D eigenvalue weighted by molar-refractivity contribution is -0.131. The monoisotopic (exact) mass is 243 g/mol. The summed E-state index contributed by atoms with van der Waals surface area (Å²) in [6.07, 6.45) is 1.61. The second-order valence-corrected chi connectivity index (χ2v) is 5.80. The molecule has 1 atom stereocenters. The summed E-state index contributed by atoms with van der Waals surface area (Å²) in [5.41, 5.74) is -0.650. The number of nitrogens with one attached hydrogen (secondary N) is 1. The van der Waals surface area contributed by atoms with Crippen molar-refractivity contribution in [3.8, 4) is 0 Å². The van der Waals surface area contributed by atoms with Crippen LogP contribution in [0.25, 0.3) is 0 Å². The Morgan fingerprint density at radius 1 is 1.41 bits per heavy atom. The van der Waals surface area contributed by atoms with Crippen LogP contribution in [0.4, 0.5) is 0 Å². The maximum atomic E-state index is 11.9. The van der Waals surface area contributed by atoms with Gasteiger partial charge in [0.15, 0.2) is 0 Å². The Bertz CT molecular complexity index is 272. The summed E-state index contributed by atoms with van der Waals surface area (Å²) in [6, 6.07) is 0. The van der Waals surface area contributed by atoms with Crippen LogP contribution in [0.2, 0.25) is 0 Å². The molecule has 1 unspecified atom stereocenters. The standard InChI is InChI=1S/C13H25NO3/c1-6-12(2,3)9-13(4,5)11(17)14-7-10(16)8-15/h6,10,15-16H,1,7-9H2,2-5H3,(H,14,17). The SMILES string of the molecule is C=CC(C)(C)CC(C)(C)C(=O)NCC(O)CO. The molecule has 0 aromatic carbocycles. The molecule has 0 bridgehead atoms. The molecule has 0 fully saturated rings. The summed E-state index contributed by atoms with van der Waals surface area (Å²) in [5, 5.41) is 20.5. The highest BCUT2D eigenvalue weighted by Crippen LogP contribution is 2.34. The zero-order valence-electron chi connectivity index (χ0n) is 11.3. The number of aliphatic hydroxyl groups excluding tert-OH is 2. The number of hydrogen-bond acceptors (Lipinski definition) is 3. The number of carbonyl (C=O) groups excluding carboxylic acids is 1. The van der Waals surface area contributed by atoms with E-state index < -0.39 is 11.5 Å². The molecule has 0 saturated heterocycles. The second-order valence-electron chi connectivity index (χ2n) is 5.80. The van der Waals surface area contributed by atoms with Crippen molar-refractivity contribution in [3.63, 3.8) is 0 Å². The van der Waals surface area contributed by atoms with Gasteiger partial charge in [0.1, 0.15) is 0 Å². The predicted molar refractivity (Wildman–Crippen MR) is 68.5 cm³/mol. The molecule has 4 nitrogen and oxygen atoms in total. The minimum atomic E-state index is -0.901. The second kappa shape index (κ2) is 6.17. The summed E-state index contributed by atoms with van der Waals surface area (Å²) in [7, 11) is 0. The van der Waals surface area contributed by atoms with Crippen LogP contribution >= 0.6 is 0 Å². The highest BCUT2D eigenvalue weighted by atomic mass is 16.3. The van der Waals surface area contributed by atoms with E-state index in [4.69, 9.17) is 5.11 Å². The number of amides is 1. The molecule has 0 aliphatic carbocycles. The third-order valence-electron chi connectivity index (χ3n) is 2.77. The van der Waals surface area contributed by atoms with Gasteiger partial charge in [0, 0.05) is 12.0 Å². The predicted octanol–water partition coefficient (Wildman–Crippen LogP) is 1.08. The molecule has 0 aliphatic heterocycles. The average Bonchev–Trinajstić information content (AvgIpc) is 2.23. The van der Waals surface area contributed by atoms with E-state index in [1.165, 1.54) is 0 Å². The van der Waals surface area contributed by atoms with Gasteiger partial charge in [-0.3, -0.25) is 4.79 Å². The molecule has 0 heterocycles. The molecule has 0 spiro atoms. The highest BCUT2D eigenvalue weighted by molar-refractivity contribution is 5.81. The first-order valence-electron chi connectivity index (χ1n) is 5.85. The molecule has 0 radical (unpaired) electrons. The first-order chi connectivity index (χ1) is 7.64. The molecule has 0 aromatic rings. The maximum Gasteiger partial charge on any atom is 0.225 e. The van der Waals surface area contributed by atoms with Crippen molar-refractivity contribution in [1.82, 2.24) is 5.32 Å². The lowest BCUT2D eigenvalue weighted by Gasteiger charge is -2.32. The third-order valence-corrected chi connectivity index (χ3v) is 2.77. The topological polar surface area (TPSA) is 69.6 Å².